The maximum absolute atomic E-state index is 3.61. The Hall–Kier alpha value is -1.12. The van der Waals surface area contributed by atoms with Gasteiger partial charge in [-0.1, -0.05) is 51.8 Å². The van der Waals surface area contributed by atoms with Gasteiger partial charge >= 0.3 is 0 Å². The monoisotopic (exact) mass is 331 g/mol. The lowest BCUT2D eigenvalue weighted by Crippen LogP contribution is -2.20. The van der Waals surface area contributed by atoms with Gasteiger partial charge < -0.3 is 5.32 Å². The highest BCUT2D eigenvalue weighted by molar-refractivity contribution is 9.10. The quantitative estimate of drug-likeness (QED) is 0.842. The molecule has 2 heteroatoms. The molecule has 1 nitrogen and oxygen atoms in total. The molecule has 2 rings (SSSR count). The maximum Gasteiger partial charge on any atom is 0.0361 e. The molecule has 1 atom stereocenters. The molecule has 0 radical (unpaired) electrons. The Balaban J connectivity index is 2.31. The van der Waals surface area contributed by atoms with Crippen molar-refractivity contribution in [3.63, 3.8) is 0 Å². The minimum absolute atomic E-state index is 0.351. The van der Waals surface area contributed by atoms with Gasteiger partial charge in [0, 0.05) is 10.5 Å². The van der Waals surface area contributed by atoms with Crippen molar-refractivity contribution in [1.82, 2.24) is 5.32 Å². The zero-order valence-corrected chi connectivity index (χ0v) is 14.2. The fourth-order valence-electron chi connectivity index (χ4n) is 2.62. The SMILES string of the molecule is CNC(Cc1cccc(C)c1)c1cc(C)c(Br)cc1C. The van der Waals surface area contributed by atoms with Gasteiger partial charge in [-0.2, -0.15) is 0 Å². The van der Waals surface area contributed by atoms with Gasteiger partial charge in [0.15, 0.2) is 0 Å². The van der Waals surface area contributed by atoms with E-state index in [1.807, 2.05) is 7.05 Å². The molecule has 0 aromatic heterocycles. The van der Waals surface area contributed by atoms with E-state index in [2.05, 4.69) is 78.4 Å². The minimum atomic E-state index is 0.351. The Kier molecular flexibility index (Phi) is 5.00. The summed E-state index contributed by atoms with van der Waals surface area (Å²) < 4.78 is 1.18. The van der Waals surface area contributed by atoms with E-state index < -0.39 is 0 Å². The van der Waals surface area contributed by atoms with Crippen molar-refractivity contribution in [1.29, 1.82) is 0 Å². The highest BCUT2D eigenvalue weighted by Crippen LogP contribution is 2.27. The Morgan fingerprint density at radius 1 is 1.05 bits per heavy atom. The molecule has 0 fully saturated rings. The largest absolute Gasteiger partial charge is 0.313 e. The maximum atomic E-state index is 3.61. The second-order valence-corrected chi connectivity index (χ2v) is 6.35. The number of nitrogens with one attached hydrogen (secondary N) is 1. The van der Waals surface area contributed by atoms with Gasteiger partial charge in [0.05, 0.1) is 0 Å². The third-order valence-corrected chi connectivity index (χ3v) is 4.65. The molecule has 0 aliphatic carbocycles. The third kappa shape index (κ3) is 3.50. The molecular formula is C18H22BrN. The number of hydrogen-bond donors (Lipinski definition) is 1. The molecule has 106 valence electrons. The molecule has 2 aromatic carbocycles. The van der Waals surface area contributed by atoms with Crippen LogP contribution in [0, 0.1) is 20.8 Å². The van der Waals surface area contributed by atoms with Crippen molar-refractivity contribution in [2.75, 3.05) is 7.05 Å². The number of hydrogen-bond acceptors (Lipinski definition) is 1. The zero-order valence-electron chi connectivity index (χ0n) is 12.6. The number of benzene rings is 2. The van der Waals surface area contributed by atoms with Crippen LogP contribution in [0.2, 0.25) is 0 Å². The van der Waals surface area contributed by atoms with E-state index in [1.54, 1.807) is 0 Å². The van der Waals surface area contributed by atoms with Gasteiger partial charge in [-0.15, -0.1) is 0 Å². The summed E-state index contributed by atoms with van der Waals surface area (Å²) in [5, 5.41) is 3.46. The number of likely N-dealkylation sites (N-methyl/N-ethyl adjacent to an activating group) is 1. The number of aryl methyl sites for hydroxylation is 3. The average molecular weight is 332 g/mol. The molecule has 0 saturated carbocycles. The summed E-state index contributed by atoms with van der Waals surface area (Å²) in [6, 6.07) is 13.6. The van der Waals surface area contributed by atoms with Crippen molar-refractivity contribution in [2.24, 2.45) is 0 Å². The predicted molar refractivity (Wildman–Crippen MR) is 90.3 cm³/mol. The smallest absolute Gasteiger partial charge is 0.0361 e. The molecule has 0 aliphatic rings. The average Bonchev–Trinajstić information content (AvgIpc) is 2.40. The second kappa shape index (κ2) is 6.55. The van der Waals surface area contributed by atoms with Crippen LogP contribution in [-0.4, -0.2) is 7.05 Å². The van der Waals surface area contributed by atoms with Gasteiger partial charge in [-0.3, -0.25) is 0 Å². The summed E-state index contributed by atoms with van der Waals surface area (Å²) >= 11 is 3.61. The van der Waals surface area contributed by atoms with E-state index in [-0.39, 0.29) is 0 Å². The lowest BCUT2D eigenvalue weighted by molar-refractivity contribution is 0.588. The topological polar surface area (TPSA) is 12.0 Å². The van der Waals surface area contributed by atoms with Crippen LogP contribution in [0.4, 0.5) is 0 Å². The van der Waals surface area contributed by atoms with Crippen LogP contribution in [0.5, 0.6) is 0 Å². The first-order valence-corrected chi connectivity index (χ1v) is 7.80. The molecule has 0 heterocycles. The van der Waals surface area contributed by atoms with Crippen LogP contribution >= 0.6 is 15.9 Å². The number of halogens is 1. The molecule has 1 unspecified atom stereocenters. The first-order chi connectivity index (χ1) is 9.51. The number of rotatable bonds is 4. The van der Waals surface area contributed by atoms with E-state index in [4.69, 9.17) is 0 Å². The van der Waals surface area contributed by atoms with E-state index in [9.17, 15) is 0 Å². The van der Waals surface area contributed by atoms with Crippen LogP contribution in [0.1, 0.15) is 33.9 Å². The standard InChI is InChI=1S/C18H22BrN/c1-12-6-5-7-15(8-12)11-18(20-4)16-9-14(3)17(19)10-13(16)2/h5-10,18,20H,11H2,1-4H3. The van der Waals surface area contributed by atoms with Crippen molar-refractivity contribution in [3.05, 3.63) is 68.7 Å². The minimum Gasteiger partial charge on any atom is -0.313 e. The zero-order chi connectivity index (χ0) is 14.7. The molecular weight excluding hydrogens is 310 g/mol. The Morgan fingerprint density at radius 2 is 1.80 bits per heavy atom. The molecule has 0 amide bonds. The summed E-state index contributed by atoms with van der Waals surface area (Å²) in [6.45, 7) is 6.47. The van der Waals surface area contributed by atoms with Gasteiger partial charge in [0.25, 0.3) is 0 Å². The van der Waals surface area contributed by atoms with Gasteiger partial charge in [-0.25, -0.2) is 0 Å². The van der Waals surface area contributed by atoms with E-state index >= 15 is 0 Å². The summed E-state index contributed by atoms with van der Waals surface area (Å²) in [5.74, 6) is 0. The van der Waals surface area contributed by atoms with Crippen molar-refractivity contribution < 1.29 is 0 Å². The van der Waals surface area contributed by atoms with Crippen LogP contribution in [-0.2, 0) is 6.42 Å². The molecule has 0 aliphatic heterocycles. The van der Waals surface area contributed by atoms with Crippen LogP contribution in [0.3, 0.4) is 0 Å². The van der Waals surface area contributed by atoms with E-state index in [1.165, 1.54) is 32.3 Å². The Morgan fingerprint density at radius 3 is 2.45 bits per heavy atom. The lowest BCUT2D eigenvalue weighted by atomic mass is 9.93. The van der Waals surface area contributed by atoms with Crippen molar-refractivity contribution in [2.45, 2.75) is 33.2 Å². The molecule has 0 saturated heterocycles. The summed E-state index contributed by atoms with van der Waals surface area (Å²) in [5.41, 5.74) is 6.70. The van der Waals surface area contributed by atoms with Gasteiger partial charge in [0.1, 0.15) is 0 Å². The molecule has 20 heavy (non-hydrogen) atoms. The van der Waals surface area contributed by atoms with Crippen molar-refractivity contribution in [3.8, 4) is 0 Å². The second-order valence-electron chi connectivity index (χ2n) is 5.49. The molecule has 2 aromatic rings. The molecule has 0 bridgehead atoms. The Bertz CT molecular complexity index is 604. The highest BCUT2D eigenvalue weighted by atomic mass is 79.9. The van der Waals surface area contributed by atoms with Crippen LogP contribution in [0.15, 0.2) is 40.9 Å². The van der Waals surface area contributed by atoms with E-state index in [0.29, 0.717) is 6.04 Å². The fraction of sp³-hybridized carbons (Fsp3) is 0.333. The first-order valence-electron chi connectivity index (χ1n) is 7.00. The summed E-state index contributed by atoms with van der Waals surface area (Å²) in [7, 11) is 2.04. The third-order valence-electron chi connectivity index (χ3n) is 3.79. The lowest BCUT2D eigenvalue weighted by Gasteiger charge is -2.20. The summed E-state index contributed by atoms with van der Waals surface area (Å²) in [4.78, 5) is 0. The van der Waals surface area contributed by atoms with Crippen molar-refractivity contribution >= 4 is 15.9 Å². The Labute approximate surface area is 130 Å². The van der Waals surface area contributed by atoms with Gasteiger partial charge in [-0.05, 0) is 62.6 Å². The predicted octanol–water partition coefficient (Wildman–Crippen LogP) is 4.88. The van der Waals surface area contributed by atoms with Gasteiger partial charge in [0.2, 0.25) is 0 Å². The fourth-order valence-corrected chi connectivity index (χ4v) is 3.08. The molecule has 1 N–H and O–H groups in total. The summed E-state index contributed by atoms with van der Waals surface area (Å²) in [6.07, 6.45) is 1.01. The molecule has 0 spiro atoms. The first kappa shape index (κ1) is 15.3. The highest BCUT2D eigenvalue weighted by Gasteiger charge is 2.14. The van der Waals surface area contributed by atoms with E-state index in [0.717, 1.165) is 6.42 Å². The van der Waals surface area contributed by atoms with Crippen LogP contribution < -0.4 is 5.32 Å². The normalized spacial score (nSPS) is 12.4. The van der Waals surface area contributed by atoms with Crippen LogP contribution in [0.25, 0.3) is 0 Å².